The first kappa shape index (κ1) is 13.6. The van der Waals surface area contributed by atoms with Crippen LogP contribution in [0.5, 0.6) is 5.75 Å². The molecule has 1 atom stereocenters. The summed E-state index contributed by atoms with van der Waals surface area (Å²) in [5.41, 5.74) is 8.44. The van der Waals surface area contributed by atoms with Gasteiger partial charge < -0.3 is 10.5 Å². The lowest BCUT2D eigenvalue weighted by atomic mass is 10.0. The van der Waals surface area contributed by atoms with Crippen LogP contribution in [0.3, 0.4) is 0 Å². The van der Waals surface area contributed by atoms with E-state index in [9.17, 15) is 0 Å². The molecule has 0 radical (unpaired) electrons. The molecule has 1 unspecified atom stereocenters. The third-order valence-corrected chi connectivity index (χ3v) is 4.09. The summed E-state index contributed by atoms with van der Waals surface area (Å²) in [6, 6.07) is 9.86. The molecule has 18 heavy (non-hydrogen) atoms. The van der Waals surface area contributed by atoms with Gasteiger partial charge in [0.25, 0.3) is 0 Å². The van der Waals surface area contributed by atoms with Crippen molar-refractivity contribution in [1.82, 2.24) is 0 Å². The van der Waals surface area contributed by atoms with Gasteiger partial charge in [0.1, 0.15) is 5.75 Å². The molecular weight excluding hydrogens is 310 g/mol. The third-order valence-electron chi connectivity index (χ3n) is 2.56. The lowest BCUT2D eigenvalue weighted by Gasteiger charge is -2.18. The molecule has 96 valence electrons. The average molecular weight is 326 g/mol. The largest absolute Gasteiger partial charge is 0.491 e. The Hall–Kier alpha value is -0.840. The minimum atomic E-state index is -0.150. The summed E-state index contributed by atoms with van der Waals surface area (Å²) in [6.07, 6.45) is 0.146. The van der Waals surface area contributed by atoms with Gasteiger partial charge >= 0.3 is 0 Å². The Labute approximate surface area is 120 Å². The van der Waals surface area contributed by atoms with Gasteiger partial charge in [0.2, 0.25) is 0 Å². The SMILES string of the molecule is CC(C)Oc1ccccc1C(N)c1csc(Br)c1. The van der Waals surface area contributed by atoms with Crippen molar-refractivity contribution in [2.45, 2.75) is 26.0 Å². The normalized spacial score (nSPS) is 12.7. The third kappa shape index (κ3) is 3.13. The first-order valence-electron chi connectivity index (χ1n) is 5.83. The molecule has 0 aliphatic carbocycles. The van der Waals surface area contributed by atoms with E-state index in [1.807, 2.05) is 38.1 Å². The highest BCUT2D eigenvalue weighted by molar-refractivity contribution is 9.11. The van der Waals surface area contributed by atoms with Crippen molar-refractivity contribution in [2.75, 3.05) is 0 Å². The second kappa shape index (κ2) is 5.87. The molecule has 1 heterocycles. The Balaban J connectivity index is 2.32. The quantitative estimate of drug-likeness (QED) is 0.907. The minimum absolute atomic E-state index is 0.146. The summed E-state index contributed by atoms with van der Waals surface area (Å²) in [7, 11) is 0. The van der Waals surface area contributed by atoms with Crippen molar-refractivity contribution < 1.29 is 4.74 Å². The highest BCUT2D eigenvalue weighted by Crippen LogP contribution is 2.32. The minimum Gasteiger partial charge on any atom is -0.491 e. The van der Waals surface area contributed by atoms with Crippen LogP contribution in [0.2, 0.25) is 0 Å². The van der Waals surface area contributed by atoms with Crippen LogP contribution in [-0.2, 0) is 0 Å². The summed E-state index contributed by atoms with van der Waals surface area (Å²) in [5, 5.41) is 2.07. The summed E-state index contributed by atoms with van der Waals surface area (Å²) < 4.78 is 6.90. The summed E-state index contributed by atoms with van der Waals surface area (Å²) in [5.74, 6) is 0.863. The molecule has 0 aliphatic heterocycles. The number of rotatable bonds is 4. The average Bonchev–Trinajstić information content (AvgIpc) is 2.75. The zero-order valence-electron chi connectivity index (χ0n) is 10.4. The van der Waals surface area contributed by atoms with Gasteiger partial charge in [0.05, 0.1) is 15.9 Å². The van der Waals surface area contributed by atoms with Gasteiger partial charge in [-0.15, -0.1) is 11.3 Å². The second-order valence-corrected chi connectivity index (χ2v) is 6.66. The van der Waals surface area contributed by atoms with E-state index in [-0.39, 0.29) is 12.1 Å². The van der Waals surface area contributed by atoms with E-state index in [0.717, 1.165) is 20.7 Å². The summed E-state index contributed by atoms with van der Waals surface area (Å²) in [4.78, 5) is 0. The molecule has 0 spiro atoms. The standard InChI is InChI=1S/C14H16BrNOS/c1-9(2)17-12-6-4-3-5-11(12)14(16)10-7-13(15)18-8-10/h3-9,14H,16H2,1-2H3. The van der Waals surface area contributed by atoms with E-state index in [2.05, 4.69) is 27.4 Å². The predicted molar refractivity (Wildman–Crippen MR) is 80.3 cm³/mol. The van der Waals surface area contributed by atoms with Crippen molar-refractivity contribution in [3.05, 3.63) is 50.6 Å². The topological polar surface area (TPSA) is 35.2 Å². The molecule has 0 saturated heterocycles. The molecule has 0 amide bonds. The Bertz CT molecular complexity index is 524. The van der Waals surface area contributed by atoms with Crippen LogP contribution in [0.4, 0.5) is 0 Å². The maximum absolute atomic E-state index is 6.31. The summed E-state index contributed by atoms with van der Waals surface area (Å²) in [6.45, 7) is 4.03. The van der Waals surface area contributed by atoms with E-state index < -0.39 is 0 Å². The van der Waals surface area contributed by atoms with Crippen molar-refractivity contribution >= 4 is 27.3 Å². The predicted octanol–water partition coefficient (Wildman–Crippen LogP) is 4.35. The smallest absolute Gasteiger partial charge is 0.124 e. The summed E-state index contributed by atoms with van der Waals surface area (Å²) >= 11 is 5.11. The molecule has 1 aromatic carbocycles. The number of thiophene rings is 1. The van der Waals surface area contributed by atoms with E-state index in [4.69, 9.17) is 10.5 Å². The van der Waals surface area contributed by atoms with Gasteiger partial charge in [-0.05, 0) is 52.9 Å². The fourth-order valence-electron chi connectivity index (χ4n) is 1.76. The monoisotopic (exact) mass is 325 g/mol. The van der Waals surface area contributed by atoms with Gasteiger partial charge in [0, 0.05) is 5.56 Å². The van der Waals surface area contributed by atoms with Gasteiger partial charge in [-0.3, -0.25) is 0 Å². The number of para-hydroxylation sites is 1. The Morgan fingerprint density at radius 2 is 2.00 bits per heavy atom. The molecule has 2 aromatic rings. The number of halogens is 1. The maximum atomic E-state index is 6.31. The lowest BCUT2D eigenvalue weighted by Crippen LogP contribution is -2.14. The van der Waals surface area contributed by atoms with Gasteiger partial charge in [-0.1, -0.05) is 18.2 Å². The number of hydrogen-bond donors (Lipinski definition) is 1. The van der Waals surface area contributed by atoms with Gasteiger partial charge in [-0.25, -0.2) is 0 Å². The van der Waals surface area contributed by atoms with Crippen LogP contribution in [0.1, 0.15) is 31.0 Å². The number of hydrogen-bond acceptors (Lipinski definition) is 3. The van der Waals surface area contributed by atoms with Crippen LogP contribution in [0, 0.1) is 0 Å². The maximum Gasteiger partial charge on any atom is 0.124 e. The van der Waals surface area contributed by atoms with Crippen LogP contribution in [0.25, 0.3) is 0 Å². The fraction of sp³-hybridized carbons (Fsp3) is 0.286. The van der Waals surface area contributed by atoms with Crippen LogP contribution < -0.4 is 10.5 Å². The van der Waals surface area contributed by atoms with Gasteiger partial charge in [-0.2, -0.15) is 0 Å². The number of ether oxygens (including phenoxy) is 1. The molecule has 0 bridgehead atoms. The Morgan fingerprint density at radius 1 is 1.28 bits per heavy atom. The highest BCUT2D eigenvalue weighted by Gasteiger charge is 2.15. The molecule has 2 nitrogen and oxygen atoms in total. The van der Waals surface area contributed by atoms with E-state index >= 15 is 0 Å². The van der Waals surface area contributed by atoms with Crippen LogP contribution >= 0.6 is 27.3 Å². The Kier molecular flexibility index (Phi) is 4.43. The molecule has 1 aromatic heterocycles. The second-order valence-electron chi connectivity index (χ2n) is 4.37. The van der Waals surface area contributed by atoms with Crippen molar-refractivity contribution in [3.8, 4) is 5.75 Å². The van der Waals surface area contributed by atoms with E-state index in [1.54, 1.807) is 11.3 Å². The molecule has 2 N–H and O–H groups in total. The van der Waals surface area contributed by atoms with E-state index in [1.165, 1.54) is 0 Å². The number of nitrogens with two attached hydrogens (primary N) is 1. The molecule has 2 rings (SSSR count). The van der Waals surface area contributed by atoms with Crippen molar-refractivity contribution in [1.29, 1.82) is 0 Å². The zero-order valence-corrected chi connectivity index (χ0v) is 12.8. The van der Waals surface area contributed by atoms with E-state index in [0.29, 0.717) is 0 Å². The number of benzene rings is 1. The molecular formula is C14H16BrNOS. The van der Waals surface area contributed by atoms with Crippen molar-refractivity contribution in [3.63, 3.8) is 0 Å². The Morgan fingerprint density at radius 3 is 2.61 bits per heavy atom. The first-order chi connectivity index (χ1) is 8.58. The molecule has 0 aliphatic rings. The first-order valence-corrected chi connectivity index (χ1v) is 7.50. The molecule has 0 fully saturated rings. The van der Waals surface area contributed by atoms with Crippen LogP contribution in [-0.4, -0.2) is 6.10 Å². The van der Waals surface area contributed by atoms with Crippen LogP contribution in [0.15, 0.2) is 39.5 Å². The molecule has 4 heteroatoms. The zero-order chi connectivity index (χ0) is 13.1. The highest BCUT2D eigenvalue weighted by atomic mass is 79.9. The fourth-order valence-corrected chi connectivity index (χ4v) is 2.98. The molecule has 0 saturated carbocycles. The lowest BCUT2D eigenvalue weighted by molar-refractivity contribution is 0.239. The van der Waals surface area contributed by atoms with Crippen molar-refractivity contribution in [2.24, 2.45) is 5.73 Å². The van der Waals surface area contributed by atoms with Gasteiger partial charge in [0.15, 0.2) is 0 Å².